The van der Waals surface area contributed by atoms with Crippen LogP contribution in [0.3, 0.4) is 0 Å². The lowest BCUT2D eigenvalue weighted by Crippen LogP contribution is -2.14. The molecule has 0 fully saturated rings. The molecule has 0 radical (unpaired) electrons. The zero-order valence-corrected chi connectivity index (χ0v) is 8.19. The molecule has 0 N–H and O–H groups in total. The molecular weight excluding hydrogens is 180 g/mol. The van der Waals surface area contributed by atoms with Crippen LogP contribution < -0.4 is 0 Å². The molecule has 12 heavy (non-hydrogen) atoms. The molecule has 5 heteroatoms. The summed E-state index contributed by atoms with van der Waals surface area (Å²) in [6, 6.07) is 0. The minimum atomic E-state index is -3.03. The van der Waals surface area contributed by atoms with Crippen LogP contribution in [0.1, 0.15) is 20.3 Å². The number of sulfone groups is 1. The molecule has 0 aromatic rings. The Bertz CT molecular complexity index is 230. The molecule has 72 valence electrons. The van der Waals surface area contributed by atoms with E-state index in [1.165, 1.54) is 0 Å². The van der Waals surface area contributed by atoms with Gasteiger partial charge in [-0.2, -0.15) is 0 Å². The topological polar surface area (TPSA) is 60.4 Å². The van der Waals surface area contributed by atoms with Gasteiger partial charge in [-0.1, -0.05) is 6.92 Å². The van der Waals surface area contributed by atoms with Crippen LogP contribution in [0.25, 0.3) is 0 Å². The smallest absolute Gasteiger partial charge is 0.306 e. The van der Waals surface area contributed by atoms with Crippen molar-refractivity contribution in [2.75, 3.05) is 18.1 Å². The Balaban J connectivity index is 3.76. The highest BCUT2D eigenvalue weighted by molar-refractivity contribution is 7.91. The van der Waals surface area contributed by atoms with Crippen LogP contribution in [0.2, 0.25) is 0 Å². The Hall–Kier alpha value is -0.580. The third-order valence-electron chi connectivity index (χ3n) is 1.36. The normalized spacial score (nSPS) is 11.2. The van der Waals surface area contributed by atoms with Crippen molar-refractivity contribution in [3.63, 3.8) is 0 Å². The van der Waals surface area contributed by atoms with Crippen molar-refractivity contribution >= 4 is 15.8 Å². The summed E-state index contributed by atoms with van der Waals surface area (Å²) in [5.41, 5.74) is 0. The summed E-state index contributed by atoms with van der Waals surface area (Å²) < 4.78 is 26.4. The van der Waals surface area contributed by atoms with Crippen LogP contribution in [-0.2, 0) is 19.4 Å². The van der Waals surface area contributed by atoms with Gasteiger partial charge in [-0.05, 0) is 6.92 Å². The Morgan fingerprint density at radius 1 is 1.33 bits per heavy atom. The number of hydrogen-bond acceptors (Lipinski definition) is 4. The molecule has 4 nitrogen and oxygen atoms in total. The monoisotopic (exact) mass is 194 g/mol. The molecule has 0 aromatic carbocycles. The number of ether oxygens (including phenoxy) is 1. The maximum absolute atomic E-state index is 10.9. The average Bonchev–Trinajstić information content (AvgIpc) is 2.02. The number of carbonyl (C=O) groups is 1. The third kappa shape index (κ3) is 5.12. The van der Waals surface area contributed by atoms with Crippen LogP contribution in [0.4, 0.5) is 0 Å². The Morgan fingerprint density at radius 2 is 1.92 bits per heavy atom. The molecule has 0 aliphatic carbocycles. The average molecular weight is 194 g/mol. The molecule has 0 rings (SSSR count). The van der Waals surface area contributed by atoms with Crippen LogP contribution in [0.5, 0.6) is 0 Å². The minimum absolute atomic E-state index is 0.0377. The van der Waals surface area contributed by atoms with E-state index in [9.17, 15) is 13.2 Å². The fourth-order valence-electron chi connectivity index (χ4n) is 0.616. The highest BCUT2D eigenvalue weighted by Gasteiger charge is 2.10. The van der Waals surface area contributed by atoms with Gasteiger partial charge in [-0.3, -0.25) is 4.79 Å². The van der Waals surface area contributed by atoms with Gasteiger partial charge in [0.05, 0.1) is 18.8 Å². The molecule has 0 atom stereocenters. The number of carbonyl (C=O) groups excluding carboxylic acids is 1. The van der Waals surface area contributed by atoms with Crippen molar-refractivity contribution in [3.8, 4) is 0 Å². The molecule has 0 aliphatic heterocycles. The molecule has 0 saturated heterocycles. The van der Waals surface area contributed by atoms with Gasteiger partial charge in [0, 0.05) is 5.75 Å². The standard InChI is InChI=1S/C7H14O4S/c1-3-11-7(8)5-6-12(9,10)4-2/h3-6H2,1-2H3. The number of rotatable bonds is 5. The van der Waals surface area contributed by atoms with Gasteiger partial charge >= 0.3 is 5.97 Å². The second-order valence-electron chi connectivity index (χ2n) is 2.29. The van der Waals surface area contributed by atoms with Crippen molar-refractivity contribution in [3.05, 3.63) is 0 Å². The number of hydrogen-bond donors (Lipinski definition) is 0. The summed E-state index contributed by atoms with van der Waals surface area (Å²) in [5, 5.41) is 0. The summed E-state index contributed by atoms with van der Waals surface area (Å²) in [5.74, 6) is -0.483. The molecule has 0 amide bonds. The maximum atomic E-state index is 10.9. The van der Waals surface area contributed by atoms with Crippen molar-refractivity contribution in [1.29, 1.82) is 0 Å². The summed E-state index contributed by atoms with van der Waals surface area (Å²) in [6.45, 7) is 3.54. The van der Waals surface area contributed by atoms with Crippen molar-refractivity contribution in [2.45, 2.75) is 20.3 Å². The highest BCUT2D eigenvalue weighted by atomic mass is 32.2. The predicted molar refractivity (Wildman–Crippen MR) is 45.6 cm³/mol. The highest BCUT2D eigenvalue weighted by Crippen LogP contribution is 1.95. The SMILES string of the molecule is CCOC(=O)CCS(=O)(=O)CC. The molecule has 0 unspecified atom stereocenters. The fraction of sp³-hybridized carbons (Fsp3) is 0.857. The molecule has 0 aromatic heterocycles. The van der Waals surface area contributed by atoms with E-state index in [0.717, 1.165) is 0 Å². The summed E-state index contributed by atoms with van der Waals surface area (Å²) in [4.78, 5) is 10.7. The first-order chi connectivity index (χ1) is 5.52. The van der Waals surface area contributed by atoms with Crippen LogP contribution in [-0.4, -0.2) is 32.5 Å². The van der Waals surface area contributed by atoms with Gasteiger partial charge in [-0.15, -0.1) is 0 Å². The zero-order chi connectivity index (χ0) is 9.61. The molecule has 0 bridgehead atoms. The zero-order valence-electron chi connectivity index (χ0n) is 7.37. The van der Waals surface area contributed by atoms with E-state index >= 15 is 0 Å². The molecule has 0 aliphatic rings. The third-order valence-corrected chi connectivity index (χ3v) is 3.07. The predicted octanol–water partition coefficient (Wildman–Crippen LogP) is 0.374. The molecule has 0 saturated carbocycles. The molecule has 0 spiro atoms. The van der Waals surface area contributed by atoms with Gasteiger partial charge in [0.2, 0.25) is 0 Å². The fourth-order valence-corrected chi connectivity index (χ4v) is 1.38. The largest absolute Gasteiger partial charge is 0.466 e. The van der Waals surface area contributed by atoms with E-state index in [-0.39, 0.29) is 17.9 Å². The van der Waals surface area contributed by atoms with Crippen LogP contribution >= 0.6 is 0 Å². The van der Waals surface area contributed by atoms with Crippen molar-refractivity contribution < 1.29 is 17.9 Å². The van der Waals surface area contributed by atoms with Gasteiger partial charge in [0.25, 0.3) is 0 Å². The first-order valence-electron chi connectivity index (χ1n) is 3.88. The molecule has 0 heterocycles. The van der Waals surface area contributed by atoms with Crippen molar-refractivity contribution in [1.82, 2.24) is 0 Å². The summed E-state index contributed by atoms with van der Waals surface area (Å²) in [6.07, 6.45) is -0.0377. The maximum Gasteiger partial charge on any atom is 0.306 e. The van der Waals surface area contributed by atoms with Gasteiger partial charge in [-0.25, -0.2) is 8.42 Å². The lowest BCUT2D eigenvalue weighted by molar-refractivity contribution is -0.142. The first kappa shape index (κ1) is 11.4. The lowest BCUT2D eigenvalue weighted by atomic mass is 10.5. The summed E-state index contributed by atoms with van der Waals surface area (Å²) >= 11 is 0. The van der Waals surface area contributed by atoms with E-state index in [4.69, 9.17) is 0 Å². The van der Waals surface area contributed by atoms with Crippen LogP contribution in [0, 0.1) is 0 Å². The Kier molecular flexibility index (Phi) is 4.89. The Morgan fingerprint density at radius 3 is 2.33 bits per heavy atom. The molecular formula is C7H14O4S. The van der Waals surface area contributed by atoms with Crippen LogP contribution in [0.15, 0.2) is 0 Å². The number of esters is 1. The van der Waals surface area contributed by atoms with E-state index in [1.54, 1.807) is 13.8 Å². The second-order valence-corrected chi connectivity index (χ2v) is 4.76. The quantitative estimate of drug-likeness (QED) is 0.593. The first-order valence-corrected chi connectivity index (χ1v) is 5.70. The second kappa shape index (κ2) is 5.13. The van der Waals surface area contributed by atoms with Gasteiger partial charge in [0.1, 0.15) is 0 Å². The van der Waals surface area contributed by atoms with Gasteiger partial charge < -0.3 is 4.74 Å². The van der Waals surface area contributed by atoms with E-state index in [1.807, 2.05) is 0 Å². The van der Waals surface area contributed by atoms with E-state index in [2.05, 4.69) is 4.74 Å². The minimum Gasteiger partial charge on any atom is -0.466 e. The Labute approximate surface area is 72.8 Å². The summed E-state index contributed by atoms with van der Waals surface area (Å²) in [7, 11) is -3.03. The van der Waals surface area contributed by atoms with E-state index < -0.39 is 15.8 Å². The van der Waals surface area contributed by atoms with Gasteiger partial charge in [0.15, 0.2) is 9.84 Å². The lowest BCUT2D eigenvalue weighted by Gasteiger charge is -2.01. The van der Waals surface area contributed by atoms with Crippen molar-refractivity contribution in [2.24, 2.45) is 0 Å². The van der Waals surface area contributed by atoms with E-state index in [0.29, 0.717) is 6.61 Å².